The lowest BCUT2D eigenvalue weighted by atomic mass is 10.1. The van der Waals surface area contributed by atoms with E-state index in [2.05, 4.69) is 27.9 Å². The second-order valence-electron chi connectivity index (χ2n) is 3.81. The van der Waals surface area contributed by atoms with E-state index in [4.69, 9.17) is 5.11 Å². The fourth-order valence-corrected chi connectivity index (χ4v) is 1.81. The third-order valence-corrected chi connectivity index (χ3v) is 3.39. The fraction of sp³-hybridized carbons (Fsp3) is 0.333. The Balaban J connectivity index is 2.46. The third kappa shape index (κ3) is 4.72. The van der Waals surface area contributed by atoms with Crippen molar-refractivity contribution in [2.24, 2.45) is 5.92 Å². The molecule has 1 rings (SSSR count). The lowest BCUT2D eigenvalue weighted by Gasteiger charge is -2.09. The molecule has 0 fully saturated rings. The van der Waals surface area contributed by atoms with Gasteiger partial charge in [0.05, 0.1) is 12.3 Å². The van der Waals surface area contributed by atoms with Crippen LogP contribution in [0.3, 0.4) is 0 Å². The lowest BCUT2D eigenvalue weighted by molar-refractivity contribution is -0.141. The van der Waals surface area contributed by atoms with Crippen LogP contribution < -0.4 is 5.32 Å². The van der Waals surface area contributed by atoms with Crippen molar-refractivity contribution in [3.05, 3.63) is 33.4 Å². The number of carboxylic acids is 1. The maximum absolute atomic E-state index is 11.6. The molecule has 0 saturated heterocycles. The van der Waals surface area contributed by atoms with Gasteiger partial charge in [-0.2, -0.15) is 0 Å². The molecule has 0 aliphatic rings. The largest absolute Gasteiger partial charge is 0.481 e. The Morgan fingerprint density at radius 3 is 2.65 bits per heavy atom. The first kappa shape index (κ1) is 14.0. The van der Waals surface area contributed by atoms with E-state index in [1.807, 2.05) is 24.3 Å². The van der Waals surface area contributed by atoms with Crippen LogP contribution in [0.25, 0.3) is 0 Å². The highest BCUT2D eigenvalue weighted by Gasteiger charge is 2.12. The zero-order valence-electron chi connectivity index (χ0n) is 9.44. The Labute approximate surface area is 114 Å². The number of carboxylic acid groups (broad SMARTS) is 1. The normalized spacial score (nSPS) is 11.9. The second-order valence-corrected chi connectivity index (χ2v) is 4.97. The van der Waals surface area contributed by atoms with Crippen LogP contribution in [0, 0.1) is 9.49 Å². The molecule has 1 unspecified atom stereocenters. The number of aliphatic carboxylic acids is 1. The van der Waals surface area contributed by atoms with E-state index in [0.29, 0.717) is 0 Å². The molecule has 17 heavy (non-hydrogen) atoms. The molecular weight excluding hydrogens is 333 g/mol. The number of hydrogen-bond donors (Lipinski definition) is 2. The van der Waals surface area contributed by atoms with Gasteiger partial charge in [-0.1, -0.05) is 25.1 Å². The van der Waals surface area contributed by atoms with Crippen molar-refractivity contribution in [1.82, 2.24) is 5.32 Å². The number of rotatable bonds is 5. The lowest BCUT2D eigenvalue weighted by Crippen LogP contribution is -2.32. The molecule has 1 aromatic carbocycles. The van der Waals surface area contributed by atoms with Crippen molar-refractivity contribution >= 4 is 34.5 Å². The smallest absolute Gasteiger partial charge is 0.308 e. The van der Waals surface area contributed by atoms with Crippen LogP contribution in [0.15, 0.2) is 24.3 Å². The van der Waals surface area contributed by atoms with Crippen molar-refractivity contribution in [2.75, 3.05) is 6.54 Å². The summed E-state index contributed by atoms with van der Waals surface area (Å²) in [5.74, 6) is -1.62. The molecule has 0 aliphatic carbocycles. The maximum Gasteiger partial charge on any atom is 0.308 e. The summed E-state index contributed by atoms with van der Waals surface area (Å²) in [6.45, 7) is 1.73. The monoisotopic (exact) mass is 347 g/mol. The first-order chi connectivity index (χ1) is 8.00. The van der Waals surface area contributed by atoms with Crippen molar-refractivity contribution in [3.8, 4) is 0 Å². The standard InChI is InChI=1S/C12H14INO3/c1-8(12(16)17)7-14-11(15)6-9-4-2-3-5-10(9)13/h2-5,8H,6-7H2,1H3,(H,14,15)(H,16,17). The van der Waals surface area contributed by atoms with Gasteiger partial charge < -0.3 is 10.4 Å². The van der Waals surface area contributed by atoms with Gasteiger partial charge >= 0.3 is 5.97 Å². The average Bonchev–Trinajstić information content (AvgIpc) is 2.29. The molecule has 0 spiro atoms. The minimum atomic E-state index is -0.903. The fourth-order valence-electron chi connectivity index (χ4n) is 1.23. The molecule has 0 heterocycles. The van der Waals surface area contributed by atoms with Crippen molar-refractivity contribution in [3.63, 3.8) is 0 Å². The van der Waals surface area contributed by atoms with Crippen molar-refractivity contribution < 1.29 is 14.7 Å². The Morgan fingerprint density at radius 1 is 1.41 bits per heavy atom. The van der Waals surface area contributed by atoms with Crippen LogP contribution in [0.5, 0.6) is 0 Å². The maximum atomic E-state index is 11.6. The number of amides is 1. The number of benzene rings is 1. The van der Waals surface area contributed by atoms with Gasteiger partial charge in [0.1, 0.15) is 0 Å². The number of nitrogens with one attached hydrogen (secondary N) is 1. The summed E-state index contributed by atoms with van der Waals surface area (Å²) in [7, 11) is 0. The average molecular weight is 347 g/mol. The molecule has 0 aromatic heterocycles. The highest BCUT2D eigenvalue weighted by atomic mass is 127. The first-order valence-corrected chi connectivity index (χ1v) is 6.31. The summed E-state index contributed by atoms with van der Waals surface area (Å²) < 4.78 is 1.03. The van der Waals surface area contributed by atoms with Crippen LogP contribution in [-0.2, 0) is 16.0 Å². The molecule has 4 nitrogen and oxygen atoms in total. The SMILES string of the molecule is CC(CNC(=O)Cc1ccccc1I)C(=O)O. The topological polar surface area (TPSA) is 66.4 Å². The van der Waals surface area contributed by atoms with Crippen LogP contribution in [-0.4, -0.2) is 23.5 Å². The van der Waals surface area contributed by atoms with Crippen LogP contribution in [0.2, 0.25) is 0 Å². The van der Waals surface area contributed by atoms with Gasteiger partial charge in [-0.05, 0) is 34.2 Å². The van der Waals surface area contributed by atoms with Crippen molar-refractivity contribution in [2.45, 2.75) is 13.3 Å². The van der Waals surface area contributed by atoms with Gasteiger partial charge in [0.15, 0.2) is 0 Å². The van der Waals surface area contributed by atoms with Crippen LogP contribution >= 0.6 is 22.6 Å². The van der Waals surface area contributed by atoms with Gasteiger partial charge in [0, 0.05) is 10.1 Å². The minimum Gasteiger partial charge on any atom is -0.481 e. The number of carbonyl (C=O) groups excluding carboxylic acids is 1. The third-order valence-electron chi connectivity index (χ3n) is 2.34. The van der Waals surface area contributed by atoms with E-state index in [1.165, 1.54) is 0 Å². The van der Waals surface area contributed by atoms with E-state index in [-0.39, 0.29) is 18.9 Å². The predicted octanol–water partition coefficient (Wildman–Crippen LogP) is 1.67. The summed E-state index contributed by atoms with van der Waals surface area (Å²) in [6.07, 6.45) is 0.283. The molecule has 92 valence electrons. The molecule has 1 aromatic rings. The number of halogens is 1. The molecule has 0 radical (unpaired) electrons. The summed E-state index contributed by atoms with van der Waals surface area (Å²) in [6, 6.07) is 7.62. The van der Waals surface area contributed by atoms with Gasteiger partial charge in [0.2, 0.25) is 5.91 Å². The molecular formula is C12H14INO3. The Morgan fingerprint density at radius 2 is 2.06 bits per heavy atom. The summed E-state index contributed by atoms with van der Waals surface area (Å²) in [4.78, 5) is 22.2. The van der Waals surface area contributed by atoms with E-state index < -0.39 is 11.9 Å². The van der Waals surface area contributed by atoms with E-state index in [1.54, 1.807) is 6.92 Å². The van der Waals surface area contributed by atoms with E-state index in [9.17, 15) is 9.59 Å². The van der Waals surface area contributed by atoms with Crippen LogP contribution in [0.4, 0.5) is 0 Å². The molecule has 0 saturated carbocycles. The van der Waals surface area contributed by atoms with Gasteiger partial charge in [-0.15, -0.1) is 0 Å². The Bertz CT molecular complexity index is 420. The zero-order valence-corrected chi connectivity index (χ0v) is 11.6. The predicted molar refractivity (Wildman–Crippen MR) is 72.7 cm³/mol. The summed E-state index contributed by atoms with van der Waals surface area (Å²) >= 11 is 2.17. The van der Waals surface area contributed by atoms with Gasteiger partial charge in [0.25, 0.3) is 0 Å². The molecule has 0 bridgehead atoms. The quantitative estimate of drug-likeness (QED) is 0.797. The molecule has 0 aliphatic heterocycles. The van der Waals surface area contributed by atoms with Crippen LogP contribution in [0.1, 0.15) is 12.5 Å². The molecule has 5 heteroatoms. The summed E-state index contributed by atoms with van der Waals surface area (Å²) in [5, 5.41) is 11.3. The molecule has 1 amide bonds. The highest BCUT2D eigenvalue weighted by Crippen LogP contribution is 2.11. The van der Waals surface area contributed by atoms with E-state index >= 15 is 0 Å². The minimum absolute atomic E-state index is 0.151. The van der Waals surface area contributed by atoms with Gasteiger partial charge in [-0.25, -0.2) is 0 Å². The highest BCUT2D eigenvalue weighted by molar-refractivity contribution is 14.1. The molecule has 1 atom stereocenters. The molecule has 2 N–H and O–H groups in total. The number of carbonyl (C=O) groups is 2. The zero-order chi connectivity index (χ0) is 12.8. The summed E-state index contributed by atoms with van der Waals surface area (Å²) in [5.41, 5.74) is 0.952. The Kier molecular flexibility index (Phi) is 5.40. The van der Waals surface area contributed by atoms with Gasteiger partial charge in [-0.3, -0.25) is 9.59 Å². The second kappa shape index (κ2) is 6.58. The number of hydrogen-bond acceptors (Lipinski definition) is 2. The van der Waals surface area contributed by atoms with E-state index in [0.717, 1.165) is 9.13 Å². The first-order valence-electron chi connectivity index (χ1n) is 5.23. The van der Waals surface area contributed by atoms with Crippen molar-refractivity contribution in [1.29, 1.82) is 0 Å². The Hall–Kier alpha value is -1.11.